The maximum Gasteiger partial charge on any atom is 0.243 e. The van der Waals surface area contributed by atoms with Gasteiger partial charge in [0.2, 0.25) is 21.8 Å². The van der Waals surface area contributed by atoms with E-state index < -0.39 is 10.0 Å². The van der Waals surface area contributed by atoms with Crippen molar-refractivity contribution in [3.8, 4) is 0 Å². The number of amides is 2. The van der Waals surface area contributed by atoms with Gasteiger partial charge in [0.25, 0.3) is 0 Å². The zero-order valence-corrected chi connectivity index (χ0v) is 19.4. The van der Waals surface area contributed by atoms with Crippen LogP contribution in [-0.2, 0) is 26.0 Å². The average Bonchev–Trinajstić information content (AvgIpc) is 2.76. The van der Waals surface area contributed by atoms with E-state index >= 15 is 0 Å². The van der Waals surface area contributed by atoms with Gasteiger partial charge in [0.05, 0.1) is 4.90 Å². The first-order valence-corrected chi connectivity index (χ1v) is 12.9. The summed E-state index contributed by atoms with van der Waals surface area (Å²) in [5.74, 6) is 0.438. The minimum absolute atomic E-state index is 0.0201. The molecule has 2 saturated heterocycles. The van der Waals surface area contributed by atoms with Gasteiger partial charge in [-0.3, -0.25) is 9.59 Å². The third-order valence-electron chi connectivity index (χ3n) is 7.05. The molecule has 0 N–H and O–H groups in total. The van der Waals surface area contributed by atoms with E-state index in [9.17, 15) is 18.0 Å². The molecule has 31 heavy (non-hydrogen) atoms. The number of hydrogen-bond donors (Lipinski definition) is 0. The molecule has 2 amide bonds. The third-order valence-corrected chi connectivity index (χ3v) is 8.94. The molecule has 1 atom stereocenters. The summed E-state index contributed by atoms with van der Waals surface area (Å²) in [5, 5.41) is 0. The number of rotatable bonds is 4. The van der Waals surface area contributed by atoms with E-state index in [1.807, 2.05) is 4.90 Å². The summed E-state index contributed by atoms with van der Waals surface area (Å²) in [7, 11) is -3.54. The van der Waals surface area contributed by atoms with Gasteiger partial charge >= 0.3 is 0 Å². The predicted octanol–water partition coefficient (Wildman–Crippen LogP) is 2.79. The molecule has 7 nitrogen and oxygen atoms in total. The van der Waals surface area contributed by atoms with Gasteiger partial charge in [0.15, 0.2) is 0 Å². The highest BCUT2D eigenvalue weighted by molar-refractivity contribution is 7.89. The summed E-state index contributed by atoms with van der Waals surface area (Å²) >= 11 is 0. The molecular formula is C23H33N3O4S. The molecule has 0 radical (unpaired) electrons. The lowest BCUT2D eigenvalue weighted by Crippen LogP contribution is -2.49. The molecule has 1 aromatic carbocycles. The zero-order valence-electron chi connectivity index (χ0n) is 18.5. The van der Waals surface area contributed by atoms with E-state index in [0.29, 0.717) is 37.5 Å². The Hall–Kier alpha value is -1.93. The SMILES string of the molecule is CC1CCN(S(=O)(=O)c2ccc3c(c2)CCC(=O)N3CC(=O)N2CCCC[C@@H]2C)CC1. The van der Waals surface area contributed by atoms with Crippen LogP contribution < -0.4 is 4.90 Å². The zero-order chi connectivity index (χ0) is 22.2. The molecule has 0 aromatic heterocycles. The number of nitrogens with zero attached hydrogens (tertiary/aromatic N) is 3. The maximum atomic E-state index is 13.1. The average molecular weight is 448 g/mol. The fourth-order valence-corrected chi connectivity index (χ4v) is 6.46. The van der Waals surface area contributed by atoms with Gasteiger partial charge in [-0.15, -0.1) is 0 Å². The number of likely N-dealkylation sites (tertiary alicyclic amines) is 1. The Morgan fingerprint density at radius 3 is 2.48 bits per heavy atom. The van der Waals surface area contributed by atoms with E-state index in [1.54, 1.807) is 27.4 Å². The number of anilines is 1. The van der Waals surface area contributed by atoms with Gasteiger partial charge in [-0.1, -0.05) is 6.92 Å². The van der Waals surface area contributed by atoms with Crippen LogP contribution in [0.3, 0.4) is 0 Å². The summed E-state index contributed by atoms with van der Waals surface area (Å²) in [5.41, 5.74) is 1.49. The lowest BCUT2D eigenvalue weighted by atomic mass is 10.0. The Bertz CT molecular complexity index is 954. The van der Waals surface area contributed by atoms with Crippen LogP contribution in [0.25, 0.3) is 0 Å². The van der Waals surface area contributed by atoms with Crippen LogP contribution in [0, 0.1) is 5.92 Å². The molecular weight excluding hydrogens is 414 g/mol. The van der Waals surface area contributed by atoms with E-state index in [-0.39, 0.29) is 29.3 Å². The Morgan fingerprint density at radius 1 is 1.03 bits per heavy atom. The molecule has 4 rings (SSSR count). The van der Waals surface area contributed by atoms with Gasteiger partial charge in [0, 0.05) is 37.8 Å². The van der Waals surface area contributed by atoms with Gasteiger partial charge in [-0.2, -0.15) is 4.31 Å². The molecule has 3 aliphatic rings. The van der Waals surface area contributed by atoms with Gasteiger partial charge in [0.1, 0.15) is 6.54 Å². The number of aryl methyl sites for hydroxylation is 1. The fourth-order valence-electron chi connectivity index (χ4n) is 4.94. The third kappa shape index (κ3) is 4.51. The number of benzene rings is 1. The summed E-state index contributed by atoms with van der Waals surface area (Å²) in [4.78, 5) is 29.3. The van der Waals surface area contributed by atoms with Crippen LogP contribution in [0.2, 0.25) is 0 Å². The fraction of sp³-hybridized carbons (Fsp3) is 0.652. The number of hydrogen-bond acceptors (Lipinski definition) is 4. The largest absolute Gasteiger partial charge is 0.338 e. The van der Waals surface area contributed by atoms with Crippen LogP contribution in [0.5, 0.6) is 0 Å². The molecule has 1 aromatic rings. The van der Waals surface area contributed by atoms with Crippen molar-refractivity contribution in [1.82, 2.24) is 9.21 Å². The lowest BCUT2D eigenvalue weighted by molar-refractivity contribution is -0.134. The number of carbonyl (C=O) groups excluding carboxylic acids is 2. The predicted molar refractivity (Wildman–Crippen MR) is 119 cm³/mol. The quantitative estimate of drug-likeness (QED) is 0.711. The topological polar surface area (TPSA) is 78.0 Å². The molecule has 170 valence electrons. The molecule has 2 fully saturated rings. The van der Waals surface area contributed by atoms with Crippen LogP contribution >= 0.6 is 0 Å². The number of piperidine rings is 2. The molecule has 0 spiro atoms. The smallest absolute Gasteiger partial charge is 0.243 e. The monoisotopic (exact) mass is 447 g/mol. The van der Waals surface area contributed by atoms with Crippen molar-refractivity contribution in [2.75, 3.05) is 31.1 Å². The molecule has 3 aliphatic heterocycles. The minimum atomic E-state index is -3.54. The van der Waals surface area contributed by atoms with Gasteiger partial charge in [-0.05, 0) is 75.1 Å². The van der Waals surface area contributed by atoms with Crippen molar-refractivity contribution in [3.63, 3.8) is 0 Å². The summed E-state index contributed by atoms with van der Waals surface area (Å²) < 4.78 is 27.8. The van der Waals surface area contributed by atoms with Crippen molar-refractivity contribution >= 4 is 27.5 Å². The number of sulfonamides is 1. The van der Waals surface area contributed by atoms with Gasteiger partial charge < -0.3 is 9.80 Å². The summed E-state index contributed by atoms with van der Waals surface area (Å²) in [6.45, 7) is 6.07. The van der Waals surface area contributed by atoms with Crippen LogP contribution in [0.4, 0.5) is 5.69 Å². The first-order valence-electron chi connectivity index (χ1n) is 11.5. The molecule has 0 bridgehead atoms. The molecule has 3 heterocycles. The molecule has 0 unspecified atom stereocenters. The Labute approximate surface area is 185 Å². The van der Waals surface area contributed by atoms with E-state index in [4.69, 9.17) is 0 Å². The first kappa shape index (κ1) is 22.3. The maximum absolute atomic E-state index is 13.1. The number of fused-ring (bicyclic) bond motifs is 1. The van der Waals surface area contributed by atoms with E-state index in [0.717, 1.165) is 44.2 Å². The lowest BCUT2D eigenvalue weighted by Gasteiger charge is -2.36. The standard InChI is InChI=1S/C23H33N3O4S/c1-17-10-13-24(14-11-17)31(29,30)20-7-8-21-19(15-20)6-9-22(27)26(21)16-23(28)25-12-4-3-5-18(25)2/h7-8,15,17-18H,3-6,9-14,16H2,1-2H3/t18-/m0/s1. The Kier molecular flexibility index (Phi) is 6.40. The highest BCUT2D eigenvalue weighted by atomic mass is 32.2. The Morgan fingerprint density at radius 2 is 1.77 bits per heavy atom. The first-order chi connectivity index (χ1) is 14.8. The van der Waals surface area contributed by atoms with Crippen LogP contribution in [-0.4, -0.2) is 61.7 Å². The minimum Gasteiger partial charge on any atom is -0.338 e. The second-order valence-corrected chi connectivity index (χ2v) is 11.2. The van der Waals surface area contributed by atoms with E-state index in [1.165, 1.54) is 0 Å². The summed E-state index contributed by atoms with van der Waals surface area (Å²) in [6.07, 6.45) is 5.67. The molecule has 8 heteroatoms. The summed E-state index contributed by atoms with van der Waals surface area (Å²) in [6, 6.07) is 5.20. The number of carbonyl (C=O) groups is 2. The van der Waals surface area contributed by atoms with Gasteiger partial charge in [-0.25, -0.2) is 8.42 Å². The van der Waals surface area contributed by atoms with Crippen molar-refractivity contribution in [1.29, 1.82) is 0 Å². The molecule has 0 aliphatic carbocycles. The van der Waals surface area contributed by atoms with Crippen molar-refractivity contribution < 1.29 is 18.0 Å². The second kappa shape index (κ2) is 8.90. The highest BCUT2D eigenvalue weighted by Crippen LogP contribution is 2.32. The van der Waals surface area contributed by atoms with Crippen LogP contribution in [0.1, 0.15) is 57.9 Å². The van der Waals surface area contributed by atoms with Crippen molar-refractivity contribution in [2.24, 2.45) is 5.92 Å². The van der Waals surface area contributed by atoms with Crippen LogP contribution in [0.15, 0.2) is 23.1 Å². The van der Waals surface area contributed by atoms with Crippen molar-refractivity contribution in [3.05, 3.63) is 23.8 Å². The second-order valence-electron chi connectivity index (χ2n) is 9.29. The van der Waals surface area contributed by atoms with E-state index in [2.05, 4.69) is 13.8 Å². The normalized spacial score (nSPS) is 23.7. The highest BCUT2D eigenvalue weighted by Gasteiger charge is 2.33. The molecule has 0 saturated carbocycles. The van der Waals surface area contributed by atoms with Crippen molar-refractivity contribution in [2.45, 2.75) is 69.7 Å². The Balaban J connectivity index is 1.55.